The van der Waals surface area contributed by atoms with E-state index in [0.717, 1.165) is 17.7 Å². The van der Waals surface area contributed by atoms with Gasteiger partial charge in [0.1, 0.15) is 0 Å². The SMILES string of the molecule is COCc1ccccc1C(O)C1NCc2ccccc21. The molecule has 3 nitrogen and oxygen atoms in total. The Bertz CT molecular complexity index is 597. The molecule has 0 aromatic heterocycles. The van der Waals surface area contributed by atoms with Crippen LogP contribution in [0.25, 0.3) is 0 Å². The second kappa shape index (κ2) is 5.75. The van der Waals surface area contributed by atoms with Crippen molar-refractivity contribution < 1.29 is 9.84 Å². The Morgan fingerprint density at radius 3 is 2.80 bits per heavy atom. The van der Waals surface area contributed by atoms with Gasteiger partial charge < -0.3 is 15.2 Å². The number of aliphatic hydroxyl groups is 1. The second-order valence-corrected chi connectivity index (χ2v) is 5.13. The lowest BCUT2D eigenvalue weighted by Gasteiger charge is -2.22. The first-order chi connectivity index (χ1) is 9.81. The molecule has 104 valence electrons. The number of aliphatic hydroxyl groups excluding tert-OH is 1. The van der Waals surface area contributed by atoms with Gasteiger partial charge in [0.05, 0.1) is 18.8 Å². The quantitative estimate of drug-likeness (QED) is 0.896. The van der Waals surface area contributed by atoms with Gasteiger partial charge in [0.25, 0.3) is 0 Å². The standard InChI is InChI=1S/C17H19NO2/c1-20-11-13-7-3-5-9-15(13)17(19)16-14-8-4-2-6-12(14)10-18-16/h2-9,16-19H,10-11H2,1H3. The zero-order valence-corrected chi connectivity index (χ0v) is 11.5. The number of hydrogen-bond acceptors (Lipinski definition) is 3. The summed E-state index contributed by atoms with van der Waals surface area (Å²) >= 11 is 0. The third-order valence-electron chi connectivity index (χ3n) is 3.89. The van der Waals surface area contributed by atoms with Crippen molar-refractivity contribution in [1.82, 2.24) is 5.32 Å². The maximum absolute atomic E-state index is 10.8. The van der Waals surface area contributed by atoms with E-state index >= 15 is 0 Å². The molecule has 0 saturated heterocycles. The summed E-state index contributed by atoms with van der Waals surface area (Å²) < 4.78 is 5.22. The summed E-state index contributed by atoms with van der Waals surface area (Å²) in [5.41, 5.74) is 4.42. The molecule has 2 atom stereocenters. The molecule has 2 aromatic carbocycles. The molecule has 2 aromatic rings. The van der Waals surface area contributed by atoms with Crippen molar-refractivity contribution in [1.29, 1.82) is 0 Å². The van der Waals surface area contributed by atoms with Crippen molar-refractivity contribution in [2.24, 2.45) is 0 Å². The van der Waals surface area contributed by atoms with E-state index in [2.05, 4.69) is 17.4 Å². The molecule has 1 aliphatic heterocycles. The number of rotatable bonds is 4. The highest BCUT2D eigenvalue weighted by Gasteiger charge is 2.29. The molecule has 1 aliphatic rings. The molecule has 3 rings (SSSR count). The van der Waals surface area contributed by atoms with Gasteiger partial charge in [0, 0.05) is 13.7 Å². The minimum absolute atomic E-state index is 0.0517. The van der Waals surface area contributed by atoms with Crippen molar-refractivity contribution in [3.8, 4) is 0 Å². The van der Waals surface area contributed by atoms with Crippen LogP contribution in [-0.2, 0) is 17.9 Å². The Balaban J connectivity index is 1.92. The summed E-state index contributed by atoms with van der Waals surface area (Å²) in [7, 11) is 1.67. The molecule has 0 bridgehead atoms. The number of hydrogen-bond donors (Lipinski definition) is 2. The first-order valence-electron chi connectivity index (χ1n) is 6.87. The second-order valence-electron chi connectivity index (χ2n) is 5.13. The first kappa shape index (κ1) is 13.3. The van der Waals surface area contributed by atoms with Gasteiger partial charge in [-0.3, -0.25) is 0 Å². The zero-order chi connectivity index (χ0) is 13.9. The minimum Gasteiger partial charge on any atom is -0.386 e. The minimum atomic E-state index is -0.565. The molecular formula is C17H19NO2. The van der Waals surface area contributed by atoms with Gasteiger partial charge in [-0.05, 0) is 22.3 Å². The lowest BCUT2D eigenvalue weighted by atomic mass is 9.93. The van der Waals surface area contributed by atoms with Crippen LogP contribution < -0.4 is 5.32 Å². The van der Waals surface area contributed by atoms with Crippen LogP contribution in [0.4, 0.5) is 0 Å². The maximum Gasteiger partial charge on any atom is 0.0988 e. The largest absolute Gasteiger partial charge is 0.386 e. The fourth-order valence-electron chi connectivity index (χ4n) is 2.90. The van der Waals surface area contributed by atoms with E-state index in [4.69, 9.17) is 4.74 Å². The molecule has 2 unspecified atom stereocenters. The average molecular weight is 269 g/mol. The molecule has 1 heterocycles. The Morgan fingerprint density at radius 2 is 1.95 bits per heavy atom. The molecule has 3 heteroatoms. The normalized spacial score (nSPS) is 18.8. The smallest absolute Gasteiger partial charge is 0.0988 e. The van der Waals surface area contributed by atoms with Gasteiger partial charge >= 0.3 is 0 Å². The molecule has 2 N–H and O–H groups in total. The van der Waals surface area contributed by atoms with Crippen molar-refractivity contribution in [2.75, 3.05) is 7.11 Å². The van der Waals surface area contributed by atoms with Crippen LogP contribution in [0, 0.1) is 0 Å². The Hall–Kier alpha value is -1.68. The monoisotopic (exact) mass is 269 g/mol. The van der Waals surface area contributed by atoms with E-state index in [0.29, 0.717) is 6.61 Å². The topological polar surface area (TPSA) is 41.5 Å². The molecule has 0 spiro atoms. The molecule has 0 aliphatic carbocycles. The molecule has 0 amide bonds. The van der Waals surface area contributed by atoms with E-state index in [9.17, 15) is 5.11 Å². The first-order valence-corrected chi connectivity index (χ1v) is 6.87. The predicted molar refractivity (Wildman–Crippen MR) is 78.1 cm³/mol. The average Bonchev–Trinajstić information content (AvgIpc) is 2.91. The van der Waals surface area contributed by atoms with Crippen LogP contribution in [0.3, 0.4) is 0 Å². The van der Waals surface area contributed by atoms with Crippen LogP contribution in [0.5, 0.6) is 0 Å². The number of fused-ring (bicyclic) bond motifs is 1. The summed E-state index contributed by atoms with van der Waals surface area (Å²) in [5.74, 6) is 0. The Morgan fingerprint density at radius 1 is 1.20 bits per heavy atom. The summed E-state index contributed by atoms with van der Waals surface area (Å²) in [6.07, 6.45) is -0.565. The summed E-state index contributed by atoms with van der Waals surface area (Å²) in [4.78, 5) is 0. The van der Waals surface area contributed by atoms with Crippen LogP contribution >= 0.6 is 0 Å². The van der Waals surface area contributed by atoms with Crippen molar-refractivity contribution in [3.63, 3.8) is 0 Å². The Kier molecular flexibility index (Phi) is 3.83. The van der Waals surface area contributed by atoms with Gasteiger partial charge in [-0.1, -0.05) is 48.5 Å². The summed E-state index contributed by atoms with van der Waals surface area (Å²) in [6.45, 7) is 1.33. The van der Waals surface area contributed by atoms with E-state index in [1.165, 1.54) is 11.1 Å². The van der Waals surface area contributed by atoms with Gasteiger partial charge in [0.2, 0.25) is 0 Å². The van der Waals surface area contributed by atoms with Crippen molar-refractivity contribution in [2.45, 2.75) is 25.3 Å². The third-order valence-corrected chi connectivity index (χ3v) is 3.89. The third kappa shape index (κ3) is 2.36. The van der Waals surface area contributed by atoms with Gasteiger partial charge in [0.15, 0.2) is 0 Å². The molecule has 0 radical (unpaired) electrons. The van der Waals surface area contributed by atoms with Crippen LogP contribution in [0.15, 0.2) is 48.5 Å². The van der Waals surface area contributed by atoms with Crippen LogP contribution in [-0.4, -0.2) is 12.2 Å². The number of methoxy groups -OCH3 is 1. The number of nitrogens with one attached hydrogen (secondary N) is 1. The lowest BCUT2D eigenvalue weighted by molar-refractivity contribution is 0.127. The Labute approximate surface area is 119 Å². The van der Waals surface area contributed by atoms with Crippen LogP contribution in [0.2, 0.25) is 0 Å². The molecule has 0 fully saturated rings. The van der Waals surface area contributed by atoms with Crippen LogP contribution in [0.1, 0.15) is 34.4 Å². The maximum atomic E-state index is 10.8. The van der Waals surface area contributed by atoms with Gasteiger partial charge in [-0.15, -0.1) is 0 Å². The highest BCUT2D eigenvalue weighted by Crippen LogP contribution is 2.36. The molecular weight excluding hydrogens is 250 g/mol. The lowest BCUT2D eigenvalue weighted by Crippen LogP contribution is -2.21. The fourth-order valence-corrected chi connectivity index (χ4v) is 2.90. The number of benzene rings is 2. The van der Waals surface area contributed by atoms with E-state index in [-0.39, 0.29) is 6.04 Å². The fraction of sp³-hybridized carbons (Fsp3) is 0.294. The van der Waals surface area contributed by atoms with Crippen molar-refractivity contribution >= 4 is 0 Å². The van der Waals surface area contributed by atoms with Crippen molar-refractivity contribution in [3.05, 3.63) is 70.8 Å². The highest BCUT2D eigenvalue weighted by molar-refractivity contribution is 5.38. The summed E-state index contributed by atoms with van der Waals surface area (Å²) in [6, 6.07) is 16.1. The molecule has 20 heavy (non-hydrogen) atoms. The predicted octanol–water partition coefficient (Wildman–Crippen LogP) is 2.71. The van der Waals surface area contributed by atoms with Gasteiger partial charge in [-0.2, -0.15) is 0 Å². The molecule has 0 saturated carbocycles. The highest BCUT2D eigenvalue weighted by atomic mass is 16.5. The van der Waals surface area contributed by atoms with E-state index < -0.39 is 6.10 Å². The van der Waals surface area contributed by atoms with E-state index in [1.807, 2.05) is 36.4 Å². The number of ether oxygens (including phenoxy) is 1. The van der Waals surface area contributed by atoms with Gasteiger partial charge in [-0.25, -0.2) is 0 Å². The summed E-state index contributed by atoms with van der Waals surface area (Å²) in [5, 5.41) is 14.2. The van der Waals surface area contributed by atoms with E-state index in [1.54, 1.807) is 7.11 Å². The zero-order valence-electron chi connectivity index (χ0n) is 11.5.